The Bertz CT molecular complexity index is 1690. The number of H-pyrrole nitrogens is 1. The molecule has 0 atom stereocenters. The summed E-state index contributed by atoms with van der Waals surface area (Å²) in [7, 11) is 0. The van der Waals surface area contributed by atoms with Crippen molar-refractivity contribution in [3.05, 3.63) is 89.4 Å². The van der Waals surface area contributed by atoms with E-state index in [9.17, 15) is 9.59 Å². The summed E-state index contributed by atoms with van der Waals surface area (Å²) < 4.78 is 5.50. The van der Waals surface area contributed by atoms with E-state index in [1.165, 1.54) is 24.0 Å². The third-order valence-electron chi connectivity index (χ3n) is 9.71. The molecule has 42 heavy (non-hydrogen) atoms. The van der Waals surface area contributed by atoms with Crippen LogP contribution in [0.2, 0.25) is 0 Å². The first-order valence-corrected chi connectivity index (χ1v) is 15.0. The minimum Gasteiger partial charge on any atom is -0.381 e. The molecule has 1 aliphatic carbocycles. The van der Waals surface area contributed by atoms with Crippen LogP contribution < -0.4 is 10.6 Å². The first kappa shape index (κ1) is 26.7. The van der Waals surface area contributed by atoms with E-state index in [0.717, 1.165) is 70.8 Å². The van der Waals surface area contributed by atoms with Gasteiger partial charge in [-0.05, 0) is 85.5 Å². The number of hydrogen-bond acceptors (Lipinski definition) is 4. The van der Waals surface area contributed by atoms with Crippen LogP contribution in [0.25, 0.3) is 22.4 Å². The van der Waals surface area contributed by atoms with Crippen molar-refractivity contribution < 1.29 is 14.3 Å². The molecule has 4 aromatic rings. The van der Waals surface area contributed by atoms with Crippen molar-refractivity contribution in [1.82, 2.24) is 9.97 Å². The van der Waals surface area contributed by atoms with Crippen molar-refractivity contribution in [3.8, 4) is 22.4 Å². The van der Waals surface area contributed by atoms with Gasteiger partial charge in [0.05, 0.1) is 22.7 Å². The lowest BCUT2D eigenvalue weighted by Gasteiger charge is -2.31. The number of aryl methyl sites for hydroxylation is 2. The van der Waals surface area contributed by atoms with Crippen LogP contribution in [0.5, 0.6) is 0 Å². The molecule has 0 radical (unpaired) electrons. The number of aromatic nitrogens is 2. The molecule has 2 amide bonds. The summed E-state index contributed by atoms with van der Waals surface area (Å²) in [5, 5.41) is 6.12. The highest BCUT2D eigenvalue weighted by atomic mass is 16.5. The second-order valence-electron chi connectivity index (χ2n) is 12.1. The number of benzene rings is 3. The van der Waals surface area contributed by atoms with Crippen molar-refractivity contribution in [2.75, 3.05) is 23.8 Å². The Balaban J connectivity index is 0.000000171. The lowest BCUT2D eigenvalue weighted by molar-refractivity contribution is -0.124. The van der Waals surface area contributed by atoms with Gasteiger partial charge in [-0.15, -0.1) is 0 Å². The number of amides is 2. The molecule has 1 aromatic heterocycles. The molecule has 3 aliphatic heterocycles. The summed E-state index contributed by atoms with van der Waals surface area (Å²) in [6, 6.07) is 20.9. The Morgan fingerprint density at radius 3 is 2.14 bits per heavy atom. The van der Waals surface area contributed by atoms with Crippen LogP contribution in [0, 0.1) is 13.8 Å². The molecule has 214 valence electrons. The minimum absolute atomic E-state index is 0.112. The number of carbonyl (C=O) groups excluding carboxylic acids is 2. The van der Waals surface area contributed by atoms with Gasteiger partial charge in [-0.1, -0.05) is 55.3 Å². The van der Waals surface area contributed by atoms with Gasteiger partial charge in [0.2, 0.25) is 11.8 Å². The van der Waals surface area contributed by atoms with E-state index in [2.05, 4.69) is 70.0 Å². The molecule has 0 bridgehead atoms. The Hall–Kier alpha value is -4.23. The van der Waals surface area contributed by atoms with Gasteiger partial charge >= 0.3 is 0 Å². The average molecular weight is 561 g/mol. The van der Waals surface area contributed by atoms with Crippen molar-refractivity contribution in [3.63, 3.8) is 0 Å². The topological polar surface area (TPSA) is 96.1 Å². The zero-order chi connectivity index (χ0) is 28.9. The summed E-state index contributed by atoms with van der Waals surface area (Å²) >= 11 is 0. The molecule has 7 nitrogen and oxygen atoms in total. The zero-order valence-corrected chi connectivity index (χ0v) is 24.2. The summed E-state index contributed by atoms with van der Waals surface area (Å²) in [6.07, 6.45) is 7.77. The van der Waals surface area contributed by atoms with Gasteiger partial charge in [-0.25, -0.2) is 4.98 Å². The smallest absolute Gasteiger partial charge is 0.235 e. The zero-order valence-electron chi connectivity index (χ0n) is 24.2. The number of anilines is 2. The molecule has 2 spiro atoms. The Morgan fingerprint density at radius 2 is 1.40 bits per heavy atom. The van der Waals surface area contributed by atoms with Crippen molar-refractivity contribution in [1.29, 1.82) is 0 Å². The Labute approximate surface area is 246 Å². The van der Waals surface area contributed by atoms with Gasteiger partial charge in [-0.2, -0.15) is 0 Å². The monoisotopic (exact) mass is 560 g/mol. The highest BCUT2D eigenvalue weighted by Crippen LogP contribution is 2.49. The van der Waals surface area contributed by atoms with Crippen LogP contribution in [0.4, 0.5) is 11.4 Å². The van der Waals surface area contributed by atoms with Crippen LogP contribution in [0.1, 0.15) is 61.0 Å². The second-order valence-corrected chi connectivity index (χ2v) is 12.1. The maximum atomic E-state index is 12.8. The highest BCUT2D eigenvalue weighted by Gasteiger charge is 2.48. The summed E-state index contributed by atoms with van der Waals surface area (Å²) in [6.45, 7) is 5.34. The molecule has 3 aromatic carbocycles. The fraction of sp³-hybridized carbons (Fsp3) is 0.343. The lowest BCUT2D eigenvalue weighted by Crippen LogP contribution is -2.39. The Kier molecular flexibility index (Phi) is 6.50. The maximum absolute atomic E-state index is 12.8. The quantitative estimate of drug-likeness (QED) is 0.251. The van der Waals surface area contributed by atoms with Crippen LogP contribution in [0.15, 0.2) is 66.9 Å². The van der Waals surface area contributed by atoms with E-state index >= 15 is 0 Å². The van der Waals surface area contributed by atoms with Crippen LogP contribution >= 0.6 is 0 Å². The number of imidazole rings is 1. The third kappa shape index (κ3) is 4.26. The fourth-order valence-corrected chi connectivity index (χ4v) is 7.33. The number of hydrogen-bond donors (Lipinski definition) is 3. The standard InChI is InChI=1S/C23H23N3O2.C12H13NO/c1-14-3-4-17(21-13-24-15(2)25-21)11-18(14)16-5-6-19-20(12-16)26-22(27)23(19)7-9-28-10-8-23;14-11-12(7-3-4-8-12)9-5-1-2-6-10(9)13-11/h3-6,11-13H,7-10H2,1-2H3,(H,24,25)(H,26,27);1-2,5-6H,3-4,7-8H2,(H,13,14). The Morgan fingerprint density at radius 1 is 0.738 bits per heavy atom. The number of para-hydroxylation sites is 1. The first-order valence-electron chi connectivity index (χ1n) is 15.0. The predicted octanol–water partition coefficient (Wildman–Crippen LogP) is 6.81. The van der Waals surface area contributed by atoms with E-state index in [0.29, 0.717) is 13.2 Å². The molecule has 1 saturated carbocycles. The number of carbonyl (C=O) groups is 2. The molecular weight excluding hydrogens is 524 g/mol. The maximum Gasteiger partial charge on any atom is 0.235 e. The molecule has 4 heterocycles. The minimum atomic E-state index is -0.420. The van der Waals surface area contributed by atoms with E-state index in [-0.39, 0.29) is 17.2 Å². The molecule has 8 rings (SSSR count). The predicted molar refractivity (Wildman–Crippen MR) is 165 cm³/mol. The lowest BCUT2D eigenvalue weighted by atomic mass is 9.75. The highest BCUT2D eigenvalue weighted by molar-refractivity contribution is 6.07. The van der Waals surface area contributed by atoms with Crippen molar-refractivity contribution in [2.24, 2.45) is 0 Å². The van der Waals surface area contributed by atoms with E-state index in [4.69, 9.17) is 4.74 Å². The number of fused-ring (bicyclic) bond motifs is 4. The van der Waals surface area contributed by atoms with Crippen LogP contribution in [-0.4, -0.2) is 35.0 Å². The molecule has 4 aliphatic rings. The second kappa shape index (κ2) is 10.2. The average Bonchev–Trinajstić information content (AvgIpc) is 3.78. The van der Waals surface area contributed by atoms with Gasteiger partial charge in [0.1, 0.15) is 5.82 Å². The molecule has 1 saturated heterocycles. The van der Waals surface area contributed by atoms with Crippen molar-refractivity contribution >= 4 is 23.2 Å². The number of nitrogens with zero attached hydrogens (tertiary/aromatic N) is 1. The molecular formula is C35H36N4O3. The SMILES string of the molecule is Cc1ncc(-c2ccc(C)c(-c3ccc4c(c3)NC(=O)C43CCOCC3)c2)[nH]1.O=C1Nc2ccccc2C12CCCC2. The molecule has 7 heteroatoms. The summed E-state index contributed by atoms with van der Waals surface area (Å²) in [5.41, 5.74) is 9.29. The van der Waals surface area contributed by atoms with Crippen molar-refractivity contribution in [2.45, 2.75) is 63.2 Å². The summed E-state index contributed by atoms with van der Waals surface area (Å²) in [5.74, 6) is 1.23. The van der Waals surface area contributed by atoms with E-state index < -0.39 is 5.41 Å². The number of ether oxygens (including phenoxy) is 1. The van der Waals surface area contributed by atoms with Crippen LogP contribution in [-0.2, 0) is 25.2 Å². The van der Waals surface area contributed by atoms with E-state index in [1.807, 2.05) is 31.3 Å². The van der Waals surface area contributed by atoms with Gasteiger partial charge in [0.25, 0.3) is 0 Å². The van der Waals surface area contributed by atoms with Gasteiger partial charge in [0.15, 0.2) is 0 Å². The largest absolute Gasteiger partial charge is 0.381 e. The number of aromatic amines is 1. The van der Waals surface area contributed by atoms with Gasteiger partial charge < -0.3 is 20.4 Å². The summed E-state index contributed by atoms with van der Waals surface area (Å²) in [4.78, 5) is 32.3. The van der Waals surface area contributed by atoms with Crippen LogP contribution in [0.3, 0.4) is 0 Å². The third-order valence-corrected chi connectivity index (χ3v) is 9.71. The van der Waals surface area contributed by atoms with Gasteiger partial charge in [0, 0.05) is 30.2 Å². The van der Waals surface area contributed by atoms with E-state index in [1.54, 1.807) is 0 Å². The molecule has 2 fully saturated rings. The first-order chi connectivity index (χ1) is 20.4. The van der Waals surface area contributed by atoms with Gasteiger partial charge in [-0.3, -0.25) is 9.59 Å². The molecule has 0 unspecified atom stereocenters. The number of rotatable bonds is 2. The number of nitrogens with one attached hydrogen (secondary N) is 3. The fourth-order valence-electron chi connectivity index (χ4n) is 7.33. The normalized spacial score (nSPS) is 19.2. The molecule has 3 N–H and O–H groups in total.